The quantitative estimate of drug-likeness (QED) is 0.806. The summed E-state index contributed by atoms with van der Waals surface area (Å²) >= 11 is 0. The largest absolute Gasteiger partial charge is 0.365 e. The Labute approximate surface area is 101 Å². The maximum atomic E-state index is 13.2. The molecule has 0 spiro atoms. The number of aryl methyl sites for hydroxylation is 1. The minimum atomic E-state index is -0.252. The molecule has 2 rings (SSSR count). The molecule has 2 nitrogen and oxygen atoms in total. The van der Waals surface area contributed by atoms with Gasteiger partial charge in [0, 0.05) is 17.0 Å². The molecule has 0 aliphatic heterocycles. The fourth-order valence-corrected chi connectivity index (χ4v) is 1.82. The smallest absolute Gasteiger partial charge is 0.127 e. The van der Waals surface area contributed by atoms with Crippen molar-refractivity contribution in [2.45, 2.75) is 33.2 Å². The number of hydrogen-bond donors (Lipinski definition) is 1. The van der Waals surface area contributed by atoms with Crippen molar-refractivity contribution >= 4 is 16.7 Å². The van der Waals surface area contributed by atoms with E-state index in [-0.39, 0.29) is 11.4 Å². The van der Waals surface area contributed by atoms with Crippen LogP contribution in [0.4, 0.5) is 10.2 Å². The maximum absolute atomic E-state index is 13.2. The molecule has 1 aromatic carbocycles. The molecular formula is C14H17FN2. The highest BCUT2D eigenvalue weighted by molar-refractivity contribution is 5.83. The zero-order valence-corrected chi connectivity index (χ0v) is 10.6. The fourth-order valence-electron chi connectivity index (χ4n) is 1.82. The van der Waals surface area contributed by atoms with Crippen LogP contribution in [0.1, 0.15) is 26.3 Å². The van der Waals surface area contributed by atoms with Gasteiger partial charge in [-0.1, -0.05) is 0 Å². The standard InChI is InChI=1S/C14H17FN2/c1-9-7-13(17-14(2,3)4)16-12-8-10(15)5-6-11(9)12/h5-8H,1-4H3,(H,16,17). The zero-order chi connectivity index (χ0) is 12.6. The summed E-state index contributed by atoms with van der Waals surface area (Å²) in [5.41, 5.74) is 1.74. The molecule has 2 aromatic rings. The van der Waals surface area contributed by atoms with Gasteiger partial charge >= 0.3 is 0 Å². The van der Waals surface area contributed by atoms with Crippen molar-refractivity contribution in [1.82, 2.24) is 4.98 Å². The molecule has 0 fully saturated rings. The van der Waals surface area contributed by atoms with E-state index in [1.165, 1.54) is 12.1 Å². The first-order chi connectivity index (χ1) is 7.85. The Hall–Kier alpha value is -1.64. The summed E-state index contributed by atoms with van der Waals surface area (Å²) in [6.07, 6.45) is 0. The highest BCUT2D eigenvalue weighted by atomic mass is 19.1. The number of aromatic nitrogens is 1. The predicted molar refractivity (Wildman–Crippen MR) is 69.8 cm³/mol. The predicted octanol–water partition coefficient (Wildman–Crippen LogP) is 3.89. The molecule has 90 valence electrons. The molecule has 0 saturated carbocycles. The van der Waals surface area contributed by atoms with Crippen molar-refractivity contribution in [2.24, 2.45) is 0 Å². The molecule has 1 aromatic heterocycles. The molecule has 0 atom stereocenters. The summed E-state index contributed by atoms with van der Waals surface area (Å²) in [4.78, 5) is 4.43. The lowest BCUT2D eigenvalue weighted by atomic mass is 10.1. The van der Waals surface area contributed by atoms with Crippen LogP contribution in [-0.4, -0.2) is 10.5 Å². The second-order valence-electron chi connectivity index (χ2n) is 5.36. The van der Waals surface area contributed by atoms with Crippen LogP contribution in [-0.2, 0) is 0 Å². The SMILES string of the molecule is Cc1cc(NC(C)(C)C)nc2cc(F)ccc12. The lowest BCUT2D eigenvalue weighted by molar-refractivity contribution is 0.628. The summed E-state index contributed by atoms with van der Waals surface area (Å²) in [5.74, 6) is 0.533. The van der Waals surface area contributed by atoms with E-state index in [2.05, 4.69) is 31.1 Å². The molecular weight excluding hydrogens is 215 g/mol. The van der Waals surface area contributed by atoms with E-state index in [1.54, 1.807) is 6.07 Å². The monoisotopic (exact) mass is 232 g/mol. The third-order valence-electron chi connectivity index (χ3n) is 2.48. The van der Waals surface area contributed by atoms with Crippen LogP contribution in [0.2, 0.25) is 0 Å². The Morgan fingerprint density at radius 2 is 1.88 bits per heavy atom. The van der Waals surface area contributed by atoms with Crippen LogP contribution in [0.5, 0.6) is 0 Å². The molecule has 0 aliphatic carbocycles. The van der Waals surface area contributed by atoms with Crippen LogP contribution in [0.3, 0.4) is 0 Å². The van der Waals surface area contributed by atoms with Crippen LogP contribution in [0, 0.1) is 12.7 Å². The van der Waals surface area contributed by atoms with Gasteiger partial charge in [-0.25, -0.2) is 9.37 Å². The third kappa shape index (κ3) is 2.73. The second kappa shape index (κ2) is 3.99. The summed E-state index contributed by atoms with van der Waals surface area (Å²) < 4.78 is 13.2. The van der Waals surface area contributed by atoms with Crippen molar-refractivity contribution in [1.29, 1.82) is 0 Å². The summed E-state index contributed by atoms with van der Waals surface area (Å²) in [6, 6.07) is 6.70. The Morgan fingerprint density at radius 1 is 1.18 bits per heavy atom. The van der Waals surface area contributed by atoms with Crippen molar-refractivity contribution in [3.05, 3.63) is 35.6 Å². The summed E-state index contributed by atoms with van der Waals surface area (Å²) in [6.45, 7) is 8.22. The molecule has 0 radical (unpaired) electrons. The van der Waals surface area contributed by atoms with E-state index >= 15 is 0 Å². The highest BCUT2D eigenvalue weighted by Crippen LogP contribution is 2.22. The average Bonchev–Trinajstić information content (AvgIpc) is 2.13. The number of rotatable bonds is 1. The van der Waals surface area contributed by atoms with Crippen molar-refractivity contribution in [3.63, 3.8) is 0 Å². The van der Waals surface area contributed by atoms with Crippen LogP contribution in [0.25, 0.3) is 10.9 Å². The summed E-state index contributed by atoms with van der Waals surface area (Å²) in [7, 11) is 0. The van der Waals surface area contributed by atoms with E-state index in [4.69, 9.17) is 0 Å². The van der Waals surface area contributed by atoms with Gasteiger partial charge in [0.1, 0.15) is 11.6 Å². The van der Waals surface area contributed by atoms with Gasteiger partial charge in [-0.05, 0) is 51.5 Å². The van der Waals surface area contributed by atoms with Gasteiger partial charge < -0.3 is 5.32 Å². The van der Waals surface area contributed by atoms with Crippen molar-refractivity contribution < 1.29 is 4.39 Å². The van der Waals surface area contributed by atoms with E-state index in [0.29, 0.717) is 5.52 Å². The molecule has 1 N–H and O–H groups in total. The minimum Gasteiger partial charge on any atom is -0.365 e. The van der Waals surface area contributed by atoms with Crippen molar-refractivity contribution in [3.8, 4) is 0 Å². The molecule has 3 heteroatoms. The minimum absolute atomic E-state index is 0.0551. The normalized spacial score (nSPS) is 11.8. The first-order valence-electron chi connectivity index (χ1n) is 5.70. The number of fused-ring (bicyclic) bond motifs is 1. The average molecular weight is 232 g/mol. The topological polar surface area (TPSA) is 24.9 Å². The number of benzene rings is 1. The van der Waals surface area contributed by atoms with Crippen LogP contribution in [0.15, 0.2) is 24.3 Å². The Balaban J connectivity index is 2.54. The fraction of sp³-hybridized carbons (Fsp3) is 0.357. The van der Waals surface area contributed by atoms with Gasteiger partial charge in [0.15, 0.2) is 0 Å². The van der Waals surface area contributed by atoms with E-state index in [9.17, 15) is 4.39 Å². The third-order valence-corrected chi connectivity index (χ3v) is 2.48. The molecule has 0 unspecified atom stereocenters. The molecule has 0 amide bonds. The Morgan fingerprint density at radius 3 is 2.53 bits per heavy atom. The van der Waals surface area contributed by atoms with Crippen molar-refractivity contribution in [2.75, 3.05) is 5.32 Å². The van der Waals surface area contributed by atoms with Gasteiger partial charge in [0.2, 0.25) is 0 Å². The van der Waals surface area contributed by atoms with E-state index in [0.717, 1.165) is 16.8 Å². The molecule has 0 bridgehead atoms. The highest BCUT2D eigenvalue weighted by Gasteiger charge is 2.11. The Bertz CT molecular complexity index is 556. The van der Waals surface area contributed by atoms with E-state index in [1.807, 2.05) is 13.0 Å². The Kier molecular flexibility index (Phi) is 2.77. The molecule has 1 heterocycles. The first-order valence-corrected chi connectivity index (χ1v) is 5.70. The van der Waals surface area contributed by atoms with Gasteiger partial charge in [0.05, 0.1) is 5.52 Å². The molecule has 0 saturated heterocycles. The van der Waals surface area contributed by atoms with Crippen LogP contribution >= 0.6 is 0 Å². The first kappa shape index (κ1) is 11.8. The van der Waals surface area contributed by atoms with Gasteiger partial charge in [0.25, 0.3) is 0 Å². The lowest BCUT2D eigenvalue weighted by Crippen LogP contribution is -2.26. The zero-order valence-electron chi connectivity index (χ0n) is 10.6. The summed E-state index contributed by atoms with van der Waals surface area (Å²) in [5, 5.41) is 4.29. The van der Waals surface area contributed by atoms with E-state index < -0.39 is 0 Å². The number of halogens is 1. The molecule has 17 heavy (non-hydrogen) atoms. The van der Waals surface area contributed by atoms with Gasteiger partial charge in [-0.3, -0.25) is 0 Å². The number of anilines is 1. The number of hydrogen-bond acceptors (Lipinski definition) is 2. The number of nitrogens with zero attached hydrogens (tertiary/aromatic N) is 1. The van der Waals surface area contributed by atoms with Gasteiger partial charge in [-0.2, -0.15) is 0 Å². The molecule has 0 aliphatic rings. The van der Waals surface area contributed by atoms with Crippen LogP contribution < -0.4 is 5.32 Å². The lowest BCUT2D eigenvalue weighted by Gasteiger charge is -2.22. The number of nitrogens with one attached hydrogen (secondary N) is 1. The second-order valence-corrected chi connectivity index (χ2v) is 5.36. The van der Waals surface area contributed by atoms with Gasteiger partial charge in [-0.15, -0.1) is 0 Å². The maximum Gasteiger partial charge on any atom is 0.127 e. The number of pyridine rings is 1.